The number of aromatic nitrogens is 3. The number of carbonyl (C=O) groups excluding carboxylic acids is 1. The van der Waals surface area contributed by atoms with Crippen molar-refractivity contribution in [3.8, 4) is 0 Å². The molecule has 2 unspecified atom stereocenters. The number of thiazole rings is 1. The Balaban J connectivity index is 1.71. The summed E-state index contributed by atoms with van der Waals surface area (Å²) in [5.74, 6) is 1.41. The molecule has 2 aromatic rings. The minimum absolute atomic E-state index is 0.0658. The lowest BCUT2D eigenvalue weighted by molar-refractivity contribution is 0.185. The second-order valence-electron chi connectivity index (χ2n) is 6.73. The van der Waals surface area contributed by atoms with E-state index in [-0.39, 0.29) is 24.0 Å². The number of hydrogen-bond acceptors (Lipinski definition) is 6. The van der Waals surface area contributed by atoms with Gasteiger partial charge in [0.1, 0.15) is 5.01 Å². The second kappa shape index (κ2) is 7.51. The van der Waals surface area contributed by atoms with Gasteiger partial charge in [0.25, 0.3) is 0 Å². The number of urea groups is 1. The van der Waals surface area contributed by atoms with Crippen LogP contribution in [-0.4, -0.2) is 32.6 Å². The molecule has 1 aliphatic heterocycles. The SMILES string of the molecule is CCC(NC(=O)N1CCCC1c1noc(C(C)C)n1)c1nc(C)cs1. The van der Waals surface area contributed by atoms with E-state index in [1.165, 1.54) is 0 Å². The van der Waals surface area contributed by atoms with Gasteiger partial charge in [0.05, 0.1) is 12.1 Å². The van der Waals surface area contributed by atoms with Crippen LogP contribution in [0.25, 0.3) is 0 Å². The van der Waals surface area contributed by atoms with Crippen LogP contribution in [-0.2, 0) is 0 Å². The Kier molecular flexibility index (Phi) is 5.36. The van der Waals surface area contributed by atoms with Crippen molar-refractivity contribution in [3.63, 3.8) is 0 Å². The predicted octanol–water partition coefficient (Wildman–Crippen LogP) is 3.96. The molecule has 2 atom stereocenters. The fourth-order valence-electron chi connectivity index (χ4n) is 3.00. The van der Waals surface area contributed by atoms with E-state index in [1.54, 1.807) is 11.3 Å². The summed E-state index contributed by atoms with van der Waals surface area (Å²) in [4.78, 5) is 23.6. The molecule has 0 aromatic carbocycles. The van der Waals surface area contributed by atoms with Gasteiger partial charge >= 0.3 is 6.03 Å². The monoisotopic (exact) mass is 363 g/mol. The third-order valence-corrected chi connectivity index (χ3v) is 5.48. The van der Waals surface area contributed by atoms with Gasteiger partial charge in [-0.15, -0.1) is 11.3 Å². The van der Waals surface area contributed by atoms with E-state index < -0.39 is 0 Å². The lowest BCUT2D eigenvalue weighted by Gasteiger charge is -2.25. The van der Waals surface area contributed by atoms with Crippen molar-refractivity contribution in [3.05, 3.63) is 27.8 Å². The van der Waals surface area contributed by atoms with E-state index in [9.17, 15) is 4.79 Å². The lowest BCUT2D eigenvalue weighted by Crippen LogP contribution is -2.41. The molecule has 2 amide bonds. The number of amides is 2. The number of nitrogens with zero attached hydrogens (tertiary/aromatic N) is 4. The third kappa shape index (κ3) is 3.84. The van der Waals surface area contributed by atoms with E-state index in [2.05, 4.69) is 27.4 Å². The van der Waals surface area contributed by atoms with Crippen LogP contribution >= 0.6 is 11.3 Å². The molecule has 0 aliphatic carbocycles. The molecule has 136 valence electrons. The van der Waals surface area contributed by atoms with Gasteiger partial charge in [-0.05, 0) is 26.2 Å². The van der Waals surface area contributed by atoms with E-state index in [0.29, 0.717) is 18.3 Å². The molecule has 8 heteroatoms. The van der Waals surface area contributed by atoms with Crippen molar-refractivity contribution in [2.45, 2.75) is 65.0 Å². The first-order chi connectivity index (χ1) is 12.0. The van der Waals surface area contributed by atoms with Crippen molar-refractivity contribution in [2.75, 3.05) is 6.54 Å². The van der Waals surface area contributed by atoms with Gasteiger partial charge in [0, 0.05) is 23.5 Å². The van der Waals surface area contributed by atoms with Gasteiger partial charge in [0.15, 0.2) is 5.82 Å². The predicted molar refractivity (Wildman–Crippen MR) is 95.5 cm³/mol. The van der Waals surface area contributed by atoms with Gasteiger partial charge in [-0.1, -0.05) is 25.9 Å². The average molecular weight is 363 g/mol. The summed E-state index contributed by atoms with van der Waals surface area (Å²) in [6, 6.07) is -0.270. The molecular formula is C17H25N5O2S. The van der Waals surface area contributed by atoms with Gasteiger partial charge in [0.2, 0.25) is 5.89 Å². The minimum Gasteiger partial charge on any atom is -0.339 e. The molecule has 3 heterocycles. The first kappa shape index (κ1) is 17.8. The van der Waals surface area contributed by atoms with Crippen molar-refractivity contribution in [1.82, 2.24) is 25.3 Å². The van der Waals surface area contributed by atoms with E-state index in [1.807, 2.05) is 31.1 Å². The fraction of sp³-hybridized carbons (Fsp3) is 0.647. The number of aryl methyl sites for hydroxylation is 1. The summed E-state index contributed by atoms with van der Waals surface area (Å²) in [6.45, 7) is 8.75. The summed E-state index contributed by atoms with van der Waals surface area (Å²) in [5.41, 5.74) is 0.986. The van der Waals surface area contributed by atoms with Crippen molar-refractivity contribution < 1.29 is 9.32 Å². The van der Waals surface area contributed by atoms with E-state index in [4.69, 9.17) is 4.52 Å². The third-order valence-electron chi connectivity index (χ3n) is 4.40. The maximum absolute atomic E-state index is 12.8. The molecule has 0 radical (unpaired) electrons. The van der Waals surface area contributed by atoms with Crippen LogP contribution in [0.15, 0.2) is 9.90 Å². The Morgan fingerprint density at radius 3 is 2.88 bits per heavy atom. The largest absolute Gasteiger partial charge is 0.339 e. The van der Waals surface area contributed by atoms with Crippen LogP contribution < -0.4 is 5.32 Å². The Bertz CT molecular complexity index is 726. The van der Waals surface area contributed by atoms with Crippen molar-refractivity contribution >= 4 is 17.4 Å². The Morgan fingerprint density at radius 2 is 2.28 bits per heavy atom. The Hall–Kier alpha value is -1.96. The number of likely N-dealkylation sites (tertiary alicyclic amines) is 1. The van der Waals surface area contributed by atoms with Crippen LogP contribution in [0, 0.1) is 6.92 Å². The van der Waals surface area contributed by atoms with Crippen LogP contribution in [0.4, 0.5) is 4.79 Å². The average Bonchev–Trinajstić information content (AvgIpc) is 3.31. The van der Waals surface area contributed by atoms with E-state index in [0.717, 1.165) is 30.0 Å². The highest BCUT2D eigenvalue weighted by Crippen LogP contribution is 2.31. The molecule has 1 aliphatic rings. The normalized spacial score (nSPS) is 18.8. The molecule has 0 saturated carbocycles. The summed E-state index contributed by atoms with van der Waals surface area (Å²) >= 11 is 1.59. The maximum Gasteiger partial charge on any atom is 0.318 e. The fourth-order valence-corrected chi connectivity index (χ4v) is 3.93. The number of rotatable bonds is 5. The molecule has 2 aromatic heterocycles. The van der Waals surface area contributed by atoms with E-state index >= 15 is 0 Å². The summed E-state index contributed by atoms with van der Waals surface area (Å²) in [7, 11) is 0. The summed E-state index contributed by atoms with van der Waals surface area (Å²) in [6.07, 6.45) is 2.60. The molecule has 0 bridgehead atoms. The standard InChI is InChI=1S/C17H25N5O2S/c1-5-12(16-18-11(4)9-25-16)19-17(23)22-8-6-7-13(22)14-20-15(10(2)3)24-21-14/h9-10,12-13H,5-8H2,1-4H3,(H,19,23). The zero-order valence-electron chi connectivity index (χ0n) is 15.2. The number of carbonyl (C=O) groups is 1. The molecule has 3 rings (SSSR count). The quantitative estimate of drug-likeness (QED) is 0.869. The Morgan fingerprint density at radius 1 is 1.48 bits per heavy atom. The highest BCUT2D eigenvalue weighted by Gasteiger charge is 2.34. The number of nitrogens with one attached hydrogen (secondary N) is 1. The maximum atomic E-state index is 12.8. The van der Waals surface area contributed by atoms with Crippen LogP contribution in [0.5, 0.6) is 0 Å². The minimum atomic E-state index is -0.119. The van der Waals surface area contributed by atoms with Gasteiger partial charge < -0.3 is 14.7 Å². The first-order valence-electron chi connectivity index (χ1n) is 8.82. The topological polar surface area (TPSA) is 84.2 Å². The first-order valence-corrected chi connectivity index (χ1v) is 9.70. The zero-order chi connectivity index (χ0) is 18.0. The van der Waals surface area contributed by atoms with Crippen molar-refractivity contribution in [2.24, 2.45) is 0 Å². The van der Waals surface area contributed by atoms with Crippen molar-refractivity contribution in [1.29, 1.82) is 0 Å². The van der Waals surface area contributed by atoms with Crippen LogP contribution in [0.2, 0.25) is 0 Å². The summed E-state index contributed by atoms with van der Waals surface area (Å²) < 4.78 is 5.31. The second-order valence-corrected chi connectivity index (χ2v) is 7.62. The highest BCUT2D eigenvalue weighted by molar-refractivity contribution is 7.09. The molecule has 0 spiro atoms. The molecule has 1 fully saturated rings. The molecule has 25 heavy (non-hydrogen) atoms. The summed E-state index contributed by atoms with van der Waals surface area (Å²) in [5, 5.41) is 10.2. The number of hydrogen-bond donors (Lipinski definition) is 1. The van der Waals surface area contributed by atoms with Gasteiger partial charge in [-0.3, -0.25) is 0 Å². The smallest absolute Gasteiger partial charge is 0.318 e. The van der Waals surface area contributed by atoms with Crippen LogP contribution in [0.1, 0.15) is 80.5 Å². The van der Waals surface area contributed by atoms with Gasteiger partial charge in [-0.2, -0.15) is 4.98 Å². The Labute approximate surface area is 151 Å². The molecule has 1 N–H and O–H groups in total. The van der Waals surface area contributed by atoms with Crippen LogP contribution in [0.3, 0.4) is 0 Å². The lowest BCUT2D eigenvalue weighted by atomic mass is 10.2. The molecule has 1 saturated heterocycles. The molecular weight excluding hydrogens is 338 g/mol. The zero-order valence-corrected chi connectivity index (χ0v) is 16.0. The molecule has 7 nitrogen and oxygen atoms in total. The van der Waals surface area contributed by atoms with Gasteiger partial charge in [-0.25, -0.2) is 9.78 Å². The highest BCUT2D eigenvalue weighted by atomic mass is 32.1.